The highest BCUT2D eigenvalue weighted by Crippen LogP contribution is 2.30. The van der Waals surface area contributed by atoms with Crippen LogP contribution in [0.25, 0.3) is 17.3 Å². The number of halogens is 1. The van der Waals surface area contributed by atoms with Gasteiger partial charge in [-0.1, -0.05) is 6.07 Å². The summed E-state index contributed by atoms with van der Waals surface area (Å²) in [6, 6.07) is 10.1. The number of nitrogens with zero attached hydrogens (tertiary/aromatic N) is 4. The molecule has 1 aromatic carbocycles. The van der Waals surface area contributed by atoms with E-state index in [4.69, 9.17) is 14.1 Å². The van der Waals surface area contributed by atoms with E-state index in [2.05, 4.69) is 10.00 Å². The molecule has 1 saturated heterocycles. The van der Waals surface area contributed by atoms with Gasteiger partial charge in [-0.05, 0) is 56.3 Å². The van der Waals surface area contributed by atoms with Gasteiger partial charge in [-0.15, -0.1) is 5.10 Å². The van der Waals surface area contributed by atoms with E-state index in [1.165, 1.54) is 12.1 Å². The largest absolute Gasteiger partial charge is 0.461 e. The van der Waals surface area contributed by atoms with Crippen molar-refractivity contribution in [1.82, 2.24) is 19.7 Å². The fraction of sp³-hybridized carbons (Fsp3) is 0.400. The standard InChI is InChI=1S/C20H23FN4O2/c1-26-13-11-24-9-7-15(8-10-24)20-22-19(18-6-3-12-27-18)23-25(20)17-5-2-4-16(21)14-17/h2-6,12,14-15H,7-11,13H2,1H3. The second kappa shape index (κ2) is 8.02. The summed E-state index contributed by atoms with van der Waals surface area (Å²) >= 11 is 0. The molecule has 7 heteroatoms. The van der Waals surface area contributed by atoms with Gasteiger partial charge in [0.1, 0.15) is 11.6 Å². The summed E-state index contributed by atoms with van der Waals surface area (Å²) in [5, 5.41) is 4.62. The van der Waals surface area contributed by atoms with Crippen LogP contribution >= 0.6 is 0 Å². The second-order valence-corrected chi connectivity index (χ2v) is 6.77. The topological polar surface area (TPSA) is 56.3 Å². The molecule has 1 fully saturated rings. The fourth-order valence-corrected chi connectivity index (χ4v) is 3.53. The molecule has 27 heavy (non-hydrogen) atoms. The minimum absolute atomic E-state index is 0.267. The lowest BCUT2D eigenvalue weighted by Crippen LogP contribution is -2.35. The summed E-state index contributed by atoms with van der Waals surface area (Å²) < 4.78 is 26.2. The molecule has 142 valence electrons. The van der Waals surface area contributed by atoms with Gasteiger partial charge in [-0.3, -0.25) is 0 Å². The van der Waals surface area contributed by atoms with Crippen LogP contribution in [0, 0.1) is 5.82 Å². The van der Waals surface area contributed by atoms with Crippen molar-refractivity contribution >= 4 is 0 Å². The van der Waals surface area contributed by atoms with E-state index in [1.807, 2.05) is 18.2 Å². The van der Waals surface area contributed by atoms with Crippen molar-refractivity contribution < 1.29 is 13.5 Å². The van der Waals surface area contributed by atoms with Crippen molar-refractivity contribution in [2.45, 2.75) is 18.8 Å². The molecule has 1 aliphatic heterocycles. The summed E-state index contributed by atoms with van der Waals surface area (Å²) in [7, 11) is 1.73. The van der Waals surface area contributed by atoms with Gasteiger partial charge >= 0.3 is 0 Å². The third-order valence-corrected chi connectivity index (χ3v) is 4.99. The quantitative estimate of drug-likeness (QED) is 0.665. The van der Waals surface area contributed by atoms with Gasteiger partial charge in [0, 0.05) is 19.6 Å². The van der Waals surface area contributed by atoms with Crippen molar-refractivity contribution in [3.8, 4) is 17.3 Å². The molecule has 0 atom stereocenters. The van der Waals surface area contributed by atoms with Crippen molar-refractivity contribution in [3.63, 3.8) is 0 Å². The molecule has 0 saturated carbocycles. The number of piperidine rings is 1. The Morgan fingerprint density at radius 1 is 1.22 bits per heavy atom. The van der Waals surface area contributed by atoms with Crippen LogP contribution in [0.4, 0.5) is 4.39 Å². The van der Waals surface area contributed by atoms with E-state index in [0.717, 1.165) is 44.9 Å². The number of hydrogen-bond donors (Lipinski definition) is 0. The first kappa shape index (κ1) is 17.9. The molecule has 0 spiro atoms. The van der Waals surface area contributed by atoms with Crippen molar-refractivity contribution in [2.75, 3.05) is 33.4 Å². The number of ether oxygens (including phenoxy) is 1. The molecule has 0 amide bonds. The third-order valence-electron chi connectivity index (χ3n) is 4.99. The molecule has 0 aliphatic carbocycles. The highest BCUT2D eigenvalue weighted by atomic mass is 19.1. The zero-order valence-corrected chi connectivity index (χ0v) is 15.3. The van der Waals surface area contributed by atoms with E-state index in [9.17, 15) is 4.39 Å². The number of benzene rings is 1. The zero-order chi connectivity index (χ0) is 18.6. The van der Waals surface area contributed by atoms with Gasteiger partial charge in [-0.25, -0.2) is 14.1 Å². The molecule has 4 rings (SSSR count). The number of furan rings is 1. The van der Waals surface area contributed by atoms with Gasteiger partial charge in [0.15, 0.2) is 5.76 Å². The van der Waals surface area contributed by atoms with Gasteiger partial charge in [0.25, 0.3) is 0 Å². The molecule has 0 N–H and O–H groups in total. The number of methoxy groups -OCH3 is 1. The second-order valence-electron chi connectivity index (χ2n) is 6.77. The monoisotopic (exact) mass is 370 g/mol. The predicted octanol–water partition coefficient (Wildman–Crippen LogP) is 3.49. The summed E-state index contributed by atoms with van der Waals surface area (Å²) in [6.07, 6.45) is 3.57. The van der Waals surface area contributed by atoms with Crippen LogP contribution in [0.2, 0.25) is 0 Å². The first-order valence-electron chi connectivity index (χ1n) is 9.22. The Morgan fingerprint density at radius 3 is 2.78 bits per heavy atom. The zero-order valence-electron chi connectivity index (χ0n) is 15.3. The lowest BCUT2D eigenvalue weighted by molar-refractivity contribution is 0.129. The van der Waals surface area contributed by atoms with E-state index in [0.29, 0.717) is 17.3 Å². The van der Waals surface area contributed by atoms with Crippen LogP contribution in [0.5, 0.6) is 0 Å². The van der Waals surface area contributed by atoms with Gasteiger partial charge in [0.05, 0.1) is 18.6 Å². The molecule has 0 bridgehead atoms. The van der Waals surface area contributed by atoms with E-state index in [-0.39, 0.29) is 11.7 Å². The fourth-order valence-electron chi connectivity index (χ4n) is 3.53. The van der Waals surface area contributed by atoms with Crippen molar-refractivity contribution in [3.05, 3.63) is 54.3 Å². The molecule has 0 radical (unpaired) electrons. The molecular formula is C20H23FN4O2. The Hall–Kier alpha value is -2.51. The first-order valence-corrected chi connectivity index (χ1v) is 9.22. The Bertz CT molecular complexity index is 870. The minimum Gasteiger partial charge on any atom is -0.461 e. The molecular weight excluding hydrogens is 347 g/mol. The van der Waals surface area contributed by atoms with Crippen LogP contribution < -0.4 is 0 Å². The summed E-state index contributed by atoms with van der Waals surface area (Å²) in [5.74, 6) is 1.98. The van der Waals surface area contributed by atoms with E-state index in [1.54, 1.807) is 24.1 Å². The van der Waals surface area contributed by atoms with Crippen LogP contribution in [0.15, 0.2) is 47.1 Å². The molecule has 6 nitrogen and oxygen atoms in total. The van der Waals surface area contributed by atoms with Crippen LogP contribution in [-0.4, -0.2) is 53.0 Å². The maximum atomic E-state index is 13.8. The Morgan fingerprint density at radius 2 is 2.07 bits per heavy atom. The number of rotatable bonds is 6. The minimum atomic E-state index is -0.289. The number of aromatic nitrogens is 3. The maximum absolute atomic E-state index is 13.8. The number of hydrogen-bond acceptors (Lipinski definition) is 5. The Labute approximate surface area is 157 Å². The summed E-state index contributed by atoms with van der Waals surface area (Å²) in [6.45, 7) is 3.66. The van der Waals surface area contributed by atoms with Crippen molar-refractivity contribution in [1.29, 1.82) is 0 Å². The predicted molar refractivity (Wildman–Crippen MR) is 99.3 cm³/mol. The van der Waals surface area contributed by atoms with E-state index < -0.39 is 0 Å². The molecule has 2 aromatic heterocycles. The lowest BCUT2D eigenvalue weighted by Gasteiger charge is -2.31. The van der Waals surface area contributed by atoms with Crippen molar-refractivity contribution in [2.24, 2.45) is 0 Å². The lowest BCUT2D eigenvalue weighted by atomic mass is 9.96. The Balaban J connectivity index is 1.63. The number of likely N-dealkylation sites (tertiary alicyclic amines) is 1. The van der Waals surface area contributed by atoms with Gasteiger partial charge in [-0.2, -0.15) is 0 Å². The highest BCUT2D eigenvalue weighted by Gasteiger charge is 2.27. The summed E-state index contributed by atoms with van der Waals surface area (Å²) in [5.41, 5.74) is 0.678. The first-order chi connectivity index (χ1) is 13.2. The normalized spacial score (nSPS) is 16.1. The van der Waals surface area contributed by atoms with Gasteiger partial charge in [0.2, 0.25) is 5.82 Å². The Kier molecular flexibility index (Phi) is 5.31. The molecule has 3 aromatic rings. The highest BCUT2D eigenvalue weighted by molar-refractivity contribution is 5.47. The SMILES string of the molecule is COCCN1CCC(c2nc(-c3ccco3)nn2-c2cccc(F)c2)CC1. The van der Waals surface area contributed by atoms with Gasteiger partial charge < -0.3 is 14.1 Å². The van der Waals surface area contributed by atoms with Crippen LogP contribution in [-0.2, 0) is 4.74 Å². The van der Waals surface area contributed by atoms with Crippen LogP contribution in [0.1, 0.15) is 24.6 Å². The summed E-state index contributed by atoms with van der Waals surface area (Å²) in [4.78, 5) is 7.16. The van der Waals surface area contributed by atoms with E-state index >= 15 is 0 Å². The maximum Gasteiger partial charge on any atom is 0.217 e. The molecule has 0 unspecified atom stereocenters. The average molecular weight is 370 g/mol. The van der Waals surface area contributed by atoms with Crippen LogP contribution in [0.3, 0.4) is 0 Å². The molecule has 1 aliphatic rings. The smallest absolute Gasteiger partial charge is 0.217 e. The third kappa shape index (κ3) is 3.94. The molecule has 3 heterocycles. The average Bonchev–Trinajstić information content (AvgIpc) is 3.36.